The predicted octanol–water partition coefficient (Wildman–Crippen LogP) is 2.36. The fraction of sp³-hybridized carbons (Fsp3) is 0.588. The maximum Gasteiger partial charge on any atom is 0.191 e. The van der Waals surface area contributed by atoms with Gasteiger partial charge < -0.3 is 10.6 Å². The SMILES string of the molecule is CCNC(=NCc1cccc(F)c1)NCC(C)N(C)C1CC1. The van der Waals surface area contributed by atoms with Crippen LogP contribution in [0, 0.1) is 5.82 Å². The molecule has 1 aliphatic rings. The van der Waals surface area contributed by atoms with Crippen LogP contribution in [0.15, 0.2) is 29.3 Å². The van der Waals surface area contributed by atoms with E-state index < -0.39 is 0 Å². The molecular formula is C17H27FN4. The zero-order chi connectivity index (χ0) is 15.9. The third-order valence-electron chi connectivity index (χ3n) is 4.04. The summed E-state index contributed by atoms with van der Waals surface area (Å²) >= 11 is 0. The number of nitrogens with zero attached hydrogens (tertiary/aromatic N) is 2. The average molecular weight is 306 g/mol. The second kappa shape index (κ2) is 8.13. The molecule has 0 radical (unpaired) electrons. The van der Waals surface area contributed by atoms with Gasteiger partial charge in [-0.2, -0.15) is 0 Å². The Morgan fingerprint density at radius 3 is 2.82 bits per heavy atom. The van der Waals surface area contributed by atoms with Crippen LogP contribution < -0.4 is 10.6 Å². The van der Waals surface area contributed by atoms with Crippen LogP contribution in [0.2, 0.25) is 0 Å². The Morgan fingerprint density at radius 2 is 2.18 bits per heavy atom. The van der Waals surface area contributed by atoms with E-state index in [1.807, 2.05) is 13.0 Å². The summed E-state index contributed by atoms with van der Waals surface area (Å²) in [5, 5.41) is 6.61. The van der Waals surface area contributed by atoms with Gasteiger partial charge >= 0.3 is 0 Å². The second-order valence-corrected chi connectivity index (χ2v) is 5.95. The monoisotopic (exact) mass is 306 g/mol. The summed E-state index contributed by atoms with van der Waals surface area (Å²) in [6, 6.07) is 7.80. The maximum atomic E-state index is 13.2. The number of likely N-dealkylation sites (N-methyl/N-ethyl adjacent to an activating group) is 1. The van der Waals surface area contributed by atoms with Gasteiger partial charge in [-0.15, -0.1) is 0 Å². The standard InChI is InChI=1S/C17H27FN4/c1-4-19-17(20-11-13(2)22(3)16-8-9-16)21-12-14-6-5-7-15(18)10-14/h5-7,10,13,16H,4,8-9,11-12H2,1-3H3,(H2,19,20,21). The van der Waals surface area contributed by atoms with E-state index in [0.29, 0.717) is 12.6 Å². The lowest BCUT2D eigenvalue weighted by Crippen LogP contribution is -2.45. The van der Waals surface area contributed by atoms with Crippen molar-refractivity contribution in [2.24, 2.45) is 4.99 Å². The minimum Gasteiger partial charge on any atom is -0.357 e. The highest BCUT2D eigenvalue weighted by atomic mass is 19.1. The molecule has 0 aromatic heterocycles. The molecule has 0 saturated heterocycles. The number of halogens is 1. The highest BCUT2D eigenvalue weighted by Gasteiger charge is 2.28. The van der Waals surface area contributed by atoms with Crippen molar-refractivity contribution >= 4 is 5.96 Å². The molecule has 1 aromatic rings. The first-order valence-electron chi connectivity index (χ1n) is 8.08. The zero-order valence-corrected chi connectivity index (χ0v) is 13.8. The third-order valence-corrected chi connectivity index (χ3v) is 4.04. The minimum atomic E-state index is -0.217. The smallest absolute Gasteiger partial charge is 0.191 e. The van der Waals surface area contributed by atoms with Gasteiger partial charge in [0, 0.05) is 25.2 Å². The highest BCUT2D eigenvalue weighted by molar-refractivity contribution is 5.79. The van der Waals surface area contributed by atoms with Crippen molar-refractivity contribution in [3.05, 3.63) is 35.6 Å². The summed E-state index contributed by atoms with van der Waals surface area (Å²) in [7, 11) is 2.18. The summed E-state index contributed by atoms with van der Waals surface area (Å²) in [6.45, 7) is 6.39. The highest BCUT2D eigenvalue weighted by Crippen LogP contribution is 2.26. The van der Waals surface area contributed by atoms with Gasteiger partial charge in [-0.3, -0.25) is 4.90 Å². The van der Waals surface area contributed by atoms with E-state index >= 15 is 0 Å². The minimum absolute atomic E-state index is 0.217. The van der Waals surface area contributed by atoms with Crippen molar-refractivity contribution in [2.75, 3.05) is 20.1 Å². The Labute approximate surface area is 132 Å². The second-order valence-electron chi connectivity index (χ2n) is 5.95. The lowest BCUT2D eigenvalue weighted by molar-refractivity contribution is 0.247. The van der Waals surface area contributed by atoms with Crippen molar-refractivity contribution in [2.45, 2.75) is 45.3 Å². The van der Waals surface area contributed by atoms with E-state index in [2.05, 4.69) is 34.5 Å². The molecule has 0 aliphatic heterocycles. The summed E-state index contributed by atoms with van der Waals surface area (Å²) in [6.07, 6.45) is 2.63. The number of aliphatic imine (C=N–C) groups is 1. The Kier molecular flexibility index (Phi) is 6.19. The first kappa shape index (κ1) is 16.7. The van der Waals surface area contributed by atoms with Gasteiger partial charge in [-0.05, 0) is 51.4 Å². The van der Waals surface area contributed by atoms with Gasteiger partial charge in [0.2, 0.25) is 0 Å². The van der Waals surface area contributed by atoms with E-state index in [1.165, 1.54) is 25.0 Å². The molecule has 1 aromatic carbocycles. The first-order chi connectivity index (χ1) is 10.6. The molecule has 1 atom stereocenters. The molecule has 1 fully saturated rings. The zero-order valence-electron chi connectivity index (χ0n) is 13.8. The van der Waals surface area contributed by atoms with Crippen molar-refractivity contribution in [3.63, 3.8) is 0 Å². The van der Waals surface area contributed by atoms with Crippen molar-refractivity contribution in [1.82, 2.24) is 15.5 Å². The third kappa shape index (κ3) is 5.30. The fourth-order valence-electron chi connectivity index (χ4n) is 2.38. The van der Waals surface area contributed by atoms with Crippen LogP contribution in [0.5, 0.6) is 0 Å². The van der Waals surface area contributed by atoms with E-state index in [4.69, 9.17) is 0 Å². The van der Waals surface area contributed by atoms with Gasteiger partial charge in [0.15, 0.2) is 5.96 Å². The Bertz CT molecular complexity index is 499. The van der Waals surface area contributed by atoms with Crippen molar-refractivity contribution in [1.29, 1.82) is 0 Å². The number of hydrogen-bond acceptors (Lipinski definition) is 2. The molecule has 1 aliphatic carbocycles. The molecule has 22 heavy (non-hydrogen) atoms. The summed E-state index contributed by atoms with van der Waals surface area (Å²) < 4.78 is 13.2. The lowest BCUT2D eigenvalue weighted by atomic mass is 10.2. The molecule has 4 nitrogen and oxygen atoms in total. The molecule has 0 spiro atoms. The Hall–Kier alpha value is -1.62. The summed E-state index contributed by atoms with van der Waals surface area (Å²) in [5.74, 6) is 0.563. The van der Waals surface area contributed by atoms with Crippen LogP contribution in [-0.4, -0.2) is 43.1 Å². The van der Waals surface area contributed by atoms with Crippen LogP contribution in [0.3, 0.4) is 0 Å². The van der Waals surface area contributed by atoms with Crippen LogP contribution in [-0.2, 0) is 6.54 Å². The number of hydrogen-bond donors (Lipinski definition) is 2. The molecule has 2 rings (SSSR count). The molecule has 122 valence electrons. The largest absolute Gasteiger partial charge is 0.357 e. The van der Waals surface area contributed by atoms with E-state index in [-0.39, 0.29) is 5.82 Å². The Morgan fingerprint density at radius 1 is 1.41 bits per heavy atom. The summed E-state index contributed by atoms with van der Waals surface area (Å²) in [5.41, 5.74) is 0.875. The normalized spacial score (nSPS) is 16.7. The summed E-state index contributed by atoms with van der Waals surface area (Å²) in [4.78, 5) is 6.95. The van der Waals surface area contributed by atoms with Crippen molar-refractivity contribution < 1.29 is 4.39 Å². The van der Waals surface area contributed by atoms with Crippen LogP contribution in [0.1, 0.15) is 32.3 Å². The van der Waals surface area contributed by atoms with Gasteiger partial charge in [-0.25, -0.2) is 9.38 Å². The molecular weight excluding hydrogens is 279 g/mol. The molecule has 1 saturated carbocycles. The molecule has 5 heteroatoms. The van der Waals surface area contributed by atoms with E-state index in [0.717, 1.165) is 30.7 Å². The molecule has 1 unspecified atom stereocenters. The molecule has 0 amide bonds. The van der Waals surface area contributed by atoms with Crippen LogP contribution in [0.25, 0.3) is 0 Å². The van der Waals surface area contributed by atoms with Gasteiger partial charge in [0.1, 0.15) is 5.82 Å². The lowest BCUT2D eigenvalue weighted by Gasteiger charge is -2.25. The van der Waals surface area contributed by atoms with Gasteiger partial charge in [0.25, 0.3) is 0 Å². The topological polar surface area (TPSA) is 39.7 Å². The average Bonchev–Trinajstić information content (AvgIpc) is 3.34. The number of nitrogens with one attached hydrogen (secondary N) is 2. The predicted molar refractivity (Wildman–Crippen MR) is 89.5 cm³/mol. The molecule has 0 heterocycles. The van der Waals surface area contributed by atoms with Gasteiger partial charge in [-0.1, -0.05) is 12.1 Å². The van der Waals surface area contributed by atoms with Gasteiger partial charge in [0.05, 0.1) is 6.54 Å². The number of benzene rings is 1. The fourth-order valence-corrected chi connectivity index (χ4v) is 2.38. The van der Waals surface area contributed by atoms with Crippen molar-refractivity contribution in [3.8, 4) is 0 Å². The first-order valence-corrected chi connectivity index (χ1v) is 8.08. The van der Waals surface area contributed by atoms with Crippen LogP contribution in [0.4, 0.5) is 4.39 Å². The maximum absolute atomic E-state index is 13.2. The Balaban J connectivity index is 1.86. The number of guanidine groups is 1. The van der Waals surface area contributed by atoms with E-state index in [1.54, 1.807) is 6.07 Å². The molecule has 0 bridgehead atoms. The quantitative estimate of drug-likeness (QED) is 0.600. The molecule has 2 N–H and O–H groups in total. The van der Waals surface area contributed by atoms with Crippen LogP contribution >= 0.6 is 0 Å². The van der Waals surface area contributed by atoms with E-state index in [9.17, 15) is 4.39 Å². The number of rotatable bonds is 7.